The normalized spacial score (nSPS) is 13.9. The molecule has 2 N–H and O–H groups in total. The summed E-state index contributed by atoms with van der Waals surface area (Å²) in [4.78, 5) is 0. The van der Waals surface area contributed by atoms with E-state index in [2.05, 4.69) is 5.32 Å². The van der Waals surface area contributed by atoms with E-state index in [4.69, 9.17) is 0 Å². The zero-order chi connectivity index (χ0) is 13.9. The largest absolute Gasteiger partial charge is 0.394 e. The average Bonchev–Trinajstić information content (AvgIpc) is 2.39. The van der Waals surface area contributed by atoms with Crippen molar-refractivity contribution < 1.29 is 9.50 Å². The Balaban J connectivity index is 2.29. The molecule has 0 amide bonds. The number of anilines is 1. The van der Waals surface area contributed by atoms with Gasteiger partial charge in [0, 0.05) is 5.69 Å². The summed E-state index contributed by atoms with van der Waals surface area (Å²) in [6.07, 6.45) is 0. The minimum Gasteiger partial charge on any atom is -0.394 e. The summed E-state index contributed by atoms with van der Waals surface area (Å²) in [5.41, 5.74) is 2.14. The molecule has 1 unspecified atom stereocenters. The minimum atomic E-state index is -0.637. The highest BCUT2D eigenvalue weighted by Gasteiger charge is 2.25. The Kier molecular flexibility index (Phi) is 3.86. The van der Waals surface area contributed by atoms with Gasteiger partial charge < -0.3 is 10.4 Å². The number of halogens is 1. The lowest BCUT2D eigenvalue weighted by molar-refractivity contribution is 0.224. The average molecular weight is 259 g/mol. The second-order valence-electron chi connectivity index (χ2n) is 4.99. The third-order valence-electron chi connectivity index (χ3n) is 3.25. The van der Waals surface area contributed by atoms with Crippen molar-refractivity contribution in [2.75, 3.05) is 11.9 Å². The van der Waals surface area contributed by atoms with Crippen molar-refractivity contribution in [3.63, 3.8) is 0 Å². The summed E-state index contributed by atoms with van der Waals surface area (Å²) < 4.78 is 13.2. The summed E-state index contributed by atoms with van der Waals surface area (Å²) in [6, 6.07) is 14.2. The van der Waals surface area contributed by atoms with Gasteiger partial charge in [0.1, 0.15) is 5.82 Å². The Morgan fingerprint density at radius 2 is 1.84 bits per heavy atom. The third-order valence-corrected chi connectivity index (χ3v) is 3.25. The van der Waals surface area contributed by atoms with E-state index >= 15 is 0 Å². The molecule has 3 heteroatoms. The maximum atomic E-state index is 13.2. The summed E-state index contributed by atoms with van der Waals surface area (Å²) in [5, 5.41) is 12.9. The second-order valence-corrected chi connectivity index (χ2v) is 4.99. The van der Waals surface area contributed by atoms with Crippen molar-refractivity contribution in [3.8, 4) is 0 Å². The molecular formula is C16H18FNO. The van der Waals surface area contributed by atoms with Crippen LogP contribution in [0.2, 0.25) is 0 Å². The number of rotatable bonds is 4. The number of aliphatic hydroxyl groups excluding tert-OH is 1. The molecule has 0 aromatic heterocycles. The number of hydrogen-bond donors (Lipinski definition) is 2. The molecule has 1 atom stereocenters. The van der Waals surface area contributed by atoms with Crippen LogP contribution in [0.3, 0.4) is 0 Å². The van der Waals surface area contributed by atoms with Crippen LogP contribution in [0.15, 0.2) is 48.5 Å². The molecule has 0 heterocycles. The van der Waals surface area contributed by atoms with E-state index in [-0.39, 0.29) is 12.4 Å². The Bertz CT molecular complexity index is 553. The van der Waals surface area contributed by atoms with Gasteiger partial charge in [-0.1, -0.05) is 35.9 Å². The van der Waals surface area contributed by atoms with Crippen LogP contribution >= 0.6 is 0 Å². The van der Waals surface area contributed by atoms with Crippen molar-refractivity contribution in [1.82, 2.24) is 0 Å². The summed E-state index contributed by atoms with van der Waals surface area (Å²) in [5.74, 6) is -0.297. The molecule has 0 saturated heterocycles. The molecule has 2 aromatic carbocycles. The standard InChI is InChI=1S/C16H18FNO/c1-12-6-8-13(9-7-12)16(2,11-19)18-15-5-3-4-14(17)10-15/h3-10,18-19H,11H2,1-2H3. The molecule has 0 aliphatic rings. The van der Waals surface area contributed by atoms with E-state index in [9.17, 15) is 9.50 Å². The van der Waals surface area contributed by atoms with Crippen LogP contribution in [0.1, 0.15) is 18.1 Å². The molecule has 2 nitrogen and oxygen atoms in total. The number of hydrogen-bond acceptors (Lipinski definition) is 2. The Morgan fingerprint density at radius 1 is 1.16 bits per heavy atom. The summed E-state index contributed by atoms with van der Waals surface area (Å²) >= 11 is 0. The number of aliphatic hydroxyl groups is 1. The van der Waals surface area contributed by atoms with E-state index in [1.165, 1.54) is 12.1 Å². The van der Waals surface area contributed by atoms with Crippen LogP contribution in [-0.4, -0.2) is 11.7 Å². The van der Waals surface area contributed by atoms with Gasteiger partial charge in [0.05, 0.1) is 12.1 Å². The highest BCUT2D eigenvalue weighted by molar-refractivity contribution is 5.48. The molecule has 0 saturated carbocycles. The predicted molar refractivity (Wildman–Crippen MR) is 75.6 cm³/mol. The highest BCUT2D eigenvalue weighted by atomic mass is 19.1. The van der Waals surface area contributed by atoms with Crippen LogP contribution in [0.4, 0.5) is 10.1 Å². The van der Waals surface area contributed by atoms with Gasteiger partial charge in [-0.05, 0) is 37.6 Å². The van der Waals surface area contributed by atoms with Crippen LogP contribution < -0.4 is 5.32 Å². The first-order chi connectivity index (χ1) is 9.03. The van der Waals surface area contributed by atoms with Crippen molar-refractivity contribution in [1.29, 1.82) is 0 Å². The van der Waals surface area contributed by atoms with Crippen molar-refractivity contribution >= 4 is 5.69 Å². The quantitative estimate of drug-likeness (QED) is 0.881. The van der Waals surface area contributed by atoms with Gasteiger partial charge in [-0.3, -0.25) is 0 Å². The zero-order valence-corrected chi connectivity index (χ0v) is 11.2. The monoisotopic (exact) mass is 259 g/mol. The Morgan fingerprint density at radius 3 is 2.42 bits per heavy atom. The smallest absolute Gasteiger partial charge is 0.125 e. The molecule has 0 aliphatic heterocycles. The summed E-state index contributed by atoms with van der Waals surface area (Å²) in [6.45, 7) is 3.83. The lowest BCUT2D eigenvalue weighted by Gasteiger charge is -2.30. The first-order valence-electron chi connectivity index (χ1n) is 6.25. The molecule has 0 fully saturated rings. The first kappa shape index (κ1) is 13.6. The first-order valence-corrected chi connectivity index (χ1v) is 6.25. The van der Waals surface area contributed by atoms with Crippen LogP contribution in [-0.2, 0) is 5.54 Å². The van der Waals surface area contributed by atoms with Gasteiger partial charge >= 0.3 is 0 Å². The van der Waals surface area contributed by atoms with Crippen molar-refractivity contribution in [2.45, 2.75) is 19.4 Å². The van der Waals surface area contributed by atoms with Crippen LogP contribution in [0, 0.1) is 12.7 Å². The van der Waals surface area contributed by atoms with Gasteiger partial charge in [-0.2, -0.15) is 0 Å². The molecular weight excluding hydrogens is 241 g/mol. The van der Waals surface area contributed by atoms with E-state index < -0.39 is 5.54 Å². The lowest BCUT2D eigenvalue weighted by atomic mass is 9.92. The molecule has 19 heavy (non-hydrogen) atoms. The summed E-state index contributed by atoms with van der Waals surface area (Å²) in [7, 11) is 0. The van der Waals surface area contributed by atoms with Crippen molar-refractivity contribution in [2.24, 2.45) is 0 Å². The van der Waals surface area contributed by atoms with E-state index in [0.717, 1.165) is 11.1 Å². The molecule has 0 spiro atoms. The fraction of sp³-hybridized carbons (Fsp3) is 0.250. The number of benzene rings is 2. The van der Waals surface area contributed by atoms with Crippen molar-refractivity contribution in [3.05, 3.63) is 65.5 Å². The van der Waals surface area contributed by atoms with E-state index in [1.54, 1.807) is 12.1 Å². The fourth-order valence-electron chi connectivity index (χ4n) is 2.01. The van der Waals surface area contributed by atoms with E-state index in [1.807, 2.05) is 38.1 Å². The molecule has 0 aliphatic carbocycles. The van der Waals surface area contributed by atoms with Gasteiger partial charge in [0.25, 0.3) is 0 Å². The Hall–Kier alpha value is -1.87. The predicted octanol–water partition coefficient (Wildman–Crippen LogP) is 3.45. The topological polar surface area (TPSA) is 32.3 Å². The van der Waals surface area contributed by atoms with Gasteiger partial charge in [0.2, 0.25) is 0 Å². The number of nitrogens with one attached hydrogen (secondary N) is 1. The van der Waals surface area contributed by atoms with Gasteiger partial charge in [-0.15, -0.1) is 0 Å². The van der Waals surface area contributed by atoms with E-state index in [0.29, 0.717) is 5.69 Å². The maximum absolute atomic E-state index is 13.2. The molecule has 2 rings (SSSR count). The van der Waals surface area contributed by atoms with Crippen LogP contribution in [0.5, 0.6) is 0 Å². The molecule has 0 radical (unpaired) electrons. The highest BCUT2D eigenvalue weighted by Crippen LogP contribution is 2.26. The SMILES string of the molecule is Cc1ccc(C(C)(CO)Nc2cccc(F)c2)cc1. The molecule has 2 aromatic rings. The minimum absolute atomic E-state index is 0.0768. The molecule has 100 valence electrons. The third kappa shape index (κ3) is 3.12. The maximum Gasteiger partial charge on any atom is 0.125 e. The lowest BCUT2D eigenvalue weighted by Crippen LogP contribution is -2.35. The van der Waals surface area contributed by atoms with Gasteiger partial charge in [-0.25, -0.2) is 4.39 Å². The Labute approximate surface area is 112 Å². The van der Waals surface area contributed by atoms with Gasteiger partial charge in [0.15, 0.2) is 0 Å². The van der Waals surface area contributed by atoms with Crippen LogP contribution in [0.25, 0.3) is 0 Å². The zero-order valence-electron chi connectivity index (χ0n) is 11.2. The molecule has 0 bridgehead atoms. The second kappa shape index (κ2) is 5.41. The fourth-order valence-corrected chi connectivity index (χ4v) is 2.01. The number of aryl methyl sites for hydroxylation is 1.